The van der Waals surface area contributed by atoms with Gasteiger partial charge in [0, 0.05) is 19.8 Å². The Bertz CT molecular complexity index is 98.5. The van der Waals surface area contributed by atoms with Gasteiger partial charge in [0.25, 0.3) is 0 Å². The molecule has 1 atom stereocenters. The highest BCUT2D eigenvalue weighted by Gasteiger charge is 2.19. The summed E-state index contributed by atoms with van der Waals surface area (Å²) in [5.41, 5.74) is 0. The largest absolute Gasteiger partial charge is 0.396 e. The SMILES string of the molecule is C=C.CC.CC(CO)C1CCOCC1. The summed E-state index contributed by atoms with van der Waals surface area (Å²) in [7, 11) is 0. The van der Waals surface area contributed by atoms with Crippen molar-refractivity contribution in [3.05, 3.63) is 13.2 Å². The first kappa shape index (κ1) is 16.1. The zero-order valence-electron chi connectivity index (χ0n) is 9.96. The lowest BCUT2D eigenvalue weighted by Crippen LogP contribution is -2.23. The highest BCUT2D eigenvalue weighted by molar-refractivity contribution is 4.68. The summed E-state index contributed by atoms with van der Waals surface area (Å²) < 4.78 is 5.21. The first-order valence-electron chi connectivity index (χ1n) is 5.53. The lowest BCUT2D eigenvalue weighted by Gasteiger charge is -2.26. The maximum absolute atomic E-state index is 8.85. The third-order valence-electron chi connectivity index (χ3n) is 2.36. The zero-order valence-corrected chi connectivity index (χ0v) is 9.96. The molecular formula is C12H26O2. The molecule has 1 fully saturated rings. The number of aliphatic hydroxyl groups excluding tert-OH is 1. The van der Waals surface area contributed by atoms with Crippen LogP contribution in [0.15, 0.2) is 13.2 Å². The first-order chi connectivity index (χ1) is 6.84. The molecule has 0 radical (unpaired) electrons. The van der Waals surface area contributed by atoms with E-state index in [9.17, 15) is 0 Å². The van der Waals surface area contributed by atoms with Crippen LogP contribution in [0.25, 0.3) is 0 Å². The number of aliphatic hydroxyl groups is 1. The van der Waals surface area contributed by atoms with Gasteiger partial charge in [-0.15, -0.1) is 13.2 Å². The quantitative estimate of drug-likeness (QED) is 0.698. The van der Waals surface area contributed by atoms with E-state index in [4.69, 9.17) is 9.84 Å². The van der Waals surface area contributed by atoms with Crippen molar-refractivity contribution in [3.8, 4) is 0 Å². The average molecular weight is 202 g/mol. The standard InChI is InChI=1S/C8H16O2.C2H6.C2H4/c1-7(6-9)8-2-4-10-5-3-8;2*1-2/h7-9H,2-6H2,1H3;1-2H3;1-2H2. The second kappa shape index (κ2) is 12.7. The summed E-state index contributed by atoms with van der Waals surface area (Å²) in [5, 5.41) is 8.85. The summed E-state index contributed by atoms with van der Waals surface area (Å²) in [5.74, 6) is 1.16. The van der Waals surface area contributed by atoms with Crippen molar-refractivity contribution in [2.24, 2.45) is 11.8 Å². The van der Waals surface area contributed by atoms with Crippen LogP contribution in [0.4, 0.5) is 0 Å². The molecule has 2 nitrogen and oxygen atoms in total. The van der Waals surface area contributed by atoms with Crippen LogP contribution in [0.5, 0.6) is 0 Å². The van der Waals surface area contributed by atoms with Gasteiger partial charge in [0.2, 0.25) is 0 Å². The molecule has 14 heavy (non-hydrogen) atoms. The summed E-state index contributed by atoms with van der Waals surface area (Å²) in [6.45, 7) is 14.2. The normalized spacial score (nSPS) is 18.3. The molecule has 1 heterocycles. The molecule has 0 amide bonds. The van der Waals surface area contributed by atoms with Crippen LogP contribution in [0, 0.1) is 11.8 Å². The average Bonchev–Trinajstić information content (AvgIpc) is 2.34. The Hall–Kier alpha value is -0.340. The minimum Gasteiger partial charge on any atom is -0.396 e. The third-order valence-corrected chi connectivity index (χ3v) is 2.36. The summed E-state index contributed by atoms with van der Waals surface area (Å²) in [6.07, 6.45) is 2.25. The number of rotatable bonds is 2. The molecular weight excluding hydrogens is 176 g/mol. The predicted molar refractivity (Wildman–Crippen MR) is 62.4 cm³/mol. The summed E-state index contributed by atoms with van der Waals surface area (Å²) in [6, 6.07) is 0. The van der Waals surface area contributed by atoms with Crippen LogP contribution >= 0.6 is 0 Å². The number of ether oxygens (including phenoxy) is 1. The molecule has 1 unspecified atom stereocenters. The topological polar surface area (TPSA) is 29.5 Å². The molecule has 1 aliphatic heterocycles. The highest BCUT2D eigenvalue weighted by atomic mass is 16.5. The van der Waals surface area contributed by atoms with Gasteiger partial charge in [-0.05, 0) is 24.7 Å². The zero-order chi connectivity index (χ0) is 11.4. The van der Waals surface area contributed by atoms with Crippen molar-refractivity contribution in [2.75, 3.05) is 19.8 Å². The fraction of sp³-hybridized carbons (Fsp3) is 0.833. The van der Waals surface area contributed by atoms with Crippen molar-refractivity contribution >= 4 is 0 Å². The van der Waals surface area contributed by atoms with E-state index < -0.39 is 0 Å². The van der Waals surface area contributed by atoms with Gasteiger partial charge in [-0.1, -0.05) is 20.8 Å². The second-order valence-electron chi connectivity index (χ2n) is 3.11. The molecule has 1 rings (SSSR count). The molecule has 1 saturated heterocycles. The molecule has 1 aliphatic rings. The highest BCUT2D eigenvalue weighted by Crippen LogP contribution is 2.22. The van der Waals surface area contributed by atoms with Crippen LogP contribution < -0.4 is 0 Å². The van der Waals surface area contributed by atoms with Gasteiger partial charge >= 0.3 is 0 Å². The number of hydrogen-bond acceptors (Lipinski definition) is 2. The van der Waals surface area contributed by atoms with E-state index in [-0.39, 0.29) is 0 Å². The number of hydrogen-bond donors (Lipinski definition) is 1. The Morgan fingerprint density at radius 3 is 2.07 bits per heavy atom. The molecule has 0 aromatic heterocycles. The molecule has 0 saturated carbocycles. The Morgan fingerprint density at radius 1 is 1.29 bits per heavy atom. The fourth-order valence-corrected chi connectivity index (χ4v) is 1.43. The Balaban J connectivity index is 0. The maximum Gasteiger partial charge on any atom is 0.0468 e. The summed E-state index contributed by atoms with van der Waals surface area (Å²) in [4.78, 5) is 0. The second-order valence-corrected chi connectivity index (χ2v) is 3.11. The van der Waals surface area contributed by atoms with Crippen LogP contribution in [0.1, 0.15) is 33.6 Å². The van der Waals surface area contributed by atoms with Crippen LogP contribution in [-0.2, 0) is 4.74 Å². The van der Waals surface area contributed by atoms with E-state index in [0.717, 1.165) is 26.1 Å². The molecule has 0 aromatic carbocycles. The van der Waals surface area contributed by atoms with Gasteiger partial charge in [-0.25, -0.2) is 0 Å². The van der Waals surface area contributed by atoms with Gasteiger partial charge in [0.05, 0.1) is 0 Å². The van der Waals surface area contributed by atoms with E-state index in [0.29, 0.717) is 18.4 Å². The Kier molecular flexibility index (Phi) is 14.6. The predicted octanol–water partition coefficient (Wildman–Crippen LogP) is 2.87. The molecule has 2 heteroatoms. The van der Waals surface area contributed by atoms with Crippen LogP contribution in [0.3, 0.4) is 0 Å². The fourth-order valence-electron chi connectivity index (χ4n) is 1.43. The smallest absolute Gasteiger partial charge is 0.0468 e. The molecule has 1 N–H and O–H groups in total. The molecule has 0 aromatic rings. The molecule has 0 spiro atoms. The van der Waals surface area contributed by atoms with Crippen molar-refractivity contribution < 1.29 is 9.84 Å². The van der Waals surface area contributed by atoms with Gasteiger partial charge < -0.3 is 9.84 Å². The van der Waals surface area contributed by atoms with E-state index in [2.05, 4.69) is 20.1 Å². The molecule has 0 bridgehead atoms. The third kappa shape index (κ3) is 7.10. The minimum atomic E-state index is 0.324. The van der Waals surface area contributed by atoms with Gasteiger partial charge in [0.15, 0.2) is 0 Å². The van der Waals surface area contributed by atoms with Crippen LogP contribution in [-0.4, -0.2) is 24.9 Å². The monoisotopic (exact) mass is 202 g/mol. The lowest BCUT2D eigenvalue weighted by molar-refractivity contribution is 0.0377. The molecule has 86 valence electrons. The first-order valence-corrected chi connectivity index (χ1v) is 5.53. The Labute approximate surface area is 89.0 Å². The van der Waals surface area contributed by atoms with Crippen molar-refractivity contribution in [2.45, 2.75) is 33.6 Å². The van der Waals surface area contributed by atoms with E-state index in [1.165, 1.54) is 0 Å². The summed E-state index contributed by atoms with van der Waals surface area (Å²) >= 11 is 0. The van der Waals surface area contributed by atoms with Crippen molar-refractivity contribution in [1.82, 2.24) is 0 Å². The lowest BCUT2D eigenvalue weighted by atomic mass is 9.88. The van der Waals surface area contributed by atoms with E-state index >= 15 is 0 Å². The van der Waals surface area contributed by atoms with Gasteiger partial charge in [-0.2, -0.15) is 0 Å². The Morgan fingerprint density at radius 2 is 1.71 bits per heavy atom. The molecule has 0 aliphatic carbocycles. The van der Waals surface area contributed by atoms with Gasteiger partial charge in [-0.3, -0.25) is 0 Å². The van der Waals surface area contributed by atoms with E-state index in [1.807, 2.05) is 13.8 Å². The minimum absolute atomic E-state index is 0.324. The van der Waals surface area contributed by atoms with Crippen LogP contribution in [0.2, 0.25) is 0 Å². The van der Waals surface area contributed by atoms with Gasteiger partial charge in [0.1, 0.15) is 0 Å². The van der Waals surface area contributed by atoms with E-state index in [1.54, 1.807) is 0 Å². The maximum atomic E-state index is 8.85. The van der Waals surface area contributed by atoms with Crippen molar-refractivity contribution in [3.63, 3.8) is 0 Å². The van der Waals surface area contributed by atoms with Crippen molar-refractivity contribution in [1.29, 1.82) is 0 Å².